The first-order valence-electron chi connectivity index (χ1n) is 7.26. The minimum atomic E-state index is 1.06. The van der Waals surface area contributed by atoms with E-state index in [1.54, 1.807) is 0 Å². The molecule has 0 aliphatic heterocycles. The van der Waals surface area contributed by atoms with E-state index in [1.165, 1.54) is 18.1 Å². The van der Waals surface area contributed by atoms with Crippen molar-refractivity contribution < 1.29 is 9.13 Å². The van der Waals surface area contributed by atoms with Gasteiger partial charge in [-0.2, -0.15) is 0 Å². The molecule has 20 heavy (non-hydrogen) atoms. The zero-order valence-electron chi connectivity index (χ0n) is 12.7. The molecule has 2 aromatic heterocycles. The second-order valence-corrected chi connectivity index (χ2v) is 6.07. The lowest BCUT2D eigenvalue weighted by atomic mass is 10.4. The number of imidazole rings is 2. The van der Waals surface area contributed by atoms with Gasteiger partial charge in [0.25, 0.3) is 11.6 Å². The standard InChI is InChI=1S/C15H25BrN4/c1-14-17(3)10-11-18(14)8-5-9-20-13-12-19(15(20)2)7-4-6-16/h10-13H,4-9H2,1-3H3/q+2. The summed E-state index contributed by atoms with van der Waals surface area (Å²) in [6.07, 6.45) is 11.0. The lowest BCUT2D eigenvalue weighted by Crippen LogP contribution is -2.36. The van der Waals surface area contributed by atoms with Crippen molar-refractivity contribution in [3.63, 3.8) is 0 Å². The number of alkyl halides is 1. The van der Waals surface area contributed by atoms with Crippen molar-refractivity contribution in [1.29, 1.82) is 0 Å². The highest BCUT2D eigenvalue weighted by Crippen LogP contribution is 2.00. The van der Waals surface area contributed by atoms with Crippen LogP contribution in [0.4, 0.5) is 0 Å². The van der Waals surface area contributed by atoms with E-state index >= 15 is 0 Å². The zero-order valence-corrected chi connectivity index (χ0v) is 14.3. The van der Waals surface area contributed by atoms with Gasteiger partial charge in [-0.05, 0) is 6.42 Å². The molecule has 0 N–H and O–H groups in total. The Balaban J connectivity index is 1.88. The quantitative estimate of drug-likeness (QED) is 0.541. The number of halogens is 1. The Hall–Kier alpha value is -1.10. The molecule has 110 valence electrons. The average Bonchev–Trinajstić information content (AvgIpc) is 2.94. The Bertz CT molecular complexity index is 556. The van der Waals surface area contributed by atoms with E-state index in [4.69, 9.17) is 0 Å². The van der Waals surface area contributed by atoms with E-state index < -0.39 is 0 Å². The Morgan fingerprint density at radius 2 is 1.65 bits per heavy atom. The molecule has 2 rings (SSSR count). The molecule has 0 radical (unpaired) electrons. The molecule has 0 aromatic carbocycles. The molecule has 0 fully saturated rings. The highest BCUT2D eigenvalue weighted by atomic mass is 79.9. The summed E-state index contributed by atoms with van der Waals surface area (Å²) in [4.78, 5) is 0. The molecule has 4 nitrogen and oxygen atoms in total. The fourth-order valence-electron chi connectivity index (χ4n) is 2.49. The first-order valence-corrected chi connectivity index (χ1v) is 8.38. The summed E-state index contributed by atoms with van der Waals surface area (Å²) in [7, 11) is 2.09. The van der Waals surface area contributed by atoms with Crippen molar-refractivity contribution in [2.75, 3.05) is 5.33 Å². The van der Waals surface area contributed by atoms with Crippen LogP contribution in [0.5, 0.6) is 0 Å². The third kappa shape index (κ3) is 3.51. The van der Waals surface area contributed by atoms with Gasteiger partial charge in [0.15, 0.2) is 0 Å². The number of hydrogen-bond donors (Lipinski definition) is 0. The van der Waals surface area contributed by atoms with Crippen LogP contribution in [0.25, 0.3) is 0 Å². The number of aromatic nitrogens is 4. The van der Waals surface area contributed by atoms with Gasteiger partial charge in [0.2, 0.25) is 0 Å². The maximum absolute atomic E-state index is 3.49. The molecule has 0 aliphatic carbocycles. The first-order chi connectivity index (χ1) is 9.63. The third-order valence-corrected chi connectivity index (χ3v) is 4.55. The molecule has 0 spiro atoms. The number of aryl methyl sites for hydroxylation is 4. The summed E-state index contributed by atoms with van der Waals surface area (Å²) in [5.41, 5.74) is 0. The van der Waals surface area contributed by atoms with Crippen molar-refractivity contribution in [2.24, 2.45) is 7.05 Å². The second-order valence-electron chi connectivity index (χ2n) is 5.28. The third-order valence-electron chi connectivity index (χ3n) is 3.98. The minimum Gasteiger partial charge on any atom is -0.237 e. The van der Waals surface area contributed by atoms with E-state index in [9.17, 15) is 0 Å². The maximum atomic E-state index is 3.49. The van der Waals surface area contributed by atoms with E-state index in [0.717, 1.165) is 31.4 Å². The zero-order chi connectivity index (χ0) is 14.5. The average molecular weight is 341 g/mol. The Morgan fingerprint density at radius 3 is 2.30 bits per heavy atom. The highest BCUT2D eigenvalue weighted by molar-refractivity contribution is 9.09. The van der Waals surface area contributed by atoms with Gasteiger partial charge in [0.1, 0.15) is 24.8 Å². The normalized spacial score (nSPS) is 11.2. The molecular weight excluding hydrogens is 316 g/mol. The number of hydrogen-bond acceptors (Lipinski definition) is 0. The Morgan fingerprint density at radius 1 is 1.00 bits per heavy atom. The minimum absolute atomic E-state index is 1.06. The smallest absolute Gasteiger partial charge is 0.237 e. The molecule has 0 unspecified atom stereocenters. The summed E-state index contributed by atoms with van der Waals surface area (Å²) in [5, 5.41) is 1.06. The summed E-state index contributed by atoms with van der Waals surface area (Å²) in [6, 6.07) is 0. The van der Waals surface area contributed by atoms with Gasteiger partial charge in [-0.1, -0.05) is 15.9 Å². The van der Waals surface area contributed by atoms with Crippen LogP contribution in [0.2, 0.25) is 0 Å². The lowest BCUT2D eigenvalue weighted by Gasteiger charge is -2.01. The van der Waals surface area contributed by atoms with Gasteiger partial charge in [-0.15, -0.1) is 0 Å². The predicted octanol–water partition coefficient (Wildman–Crippen LogP) is 1.89. The van der Waals surface area contributed by atoms with E-state index in [-0.39, 0.29) is 0 Å². The fourth-order valence-corrected chi connectivity index (χ4v) is 2.74. The maximum Gasteiger partial charge on any atom is 0.253 e. The fraction of sp³-hybridized carbons (Fsp3) is 0.600. The van der Waals surface area contributed by atoms with E-state index in [1.807, 2.05) is 0 Å². The van der Waals surface area contributed by atoms with Gasteiger partial charge in [0, 0.05) is 25.6 Å². The van der Waals surface area contributed by atoms with Gasteiger partial charge in [0.05, 0.1) is 26.7 Å². The lowest BCUT2D eigenvalue weighted by molar-refractivity contribution is -0.703. The van der Waals surface area contributed by atoms with Crippen molar-refractivity contribution in [3.8, 4) is 0 Å². The number of rotatable bonds is 7. The van der Waals surface area contributed by atoms with Crippen LogP contribution in [0, 0.1) is 13.8 Å². The first kappa shape index (κ1) is 15.3. The Kier molecular flexibility index (Phi) is 5.40. The Labute approximate surface area is 129 Å². The summed E-state index contributed by atoms with van der Waals surface area (Å²) in [6.45, 7) is 7.61. The monoisotopic (exact) mass is 340 g/mol. The van der Waals surface area contributed by atoms with Crippen molar-refractivity contribution in [3.05, 3.63) is 36.4 Å². The molecule has 0 saturated heterocycles. The van der Waals surface area contributed by atoms with Crippen LogP contribution in [-0.2, 0) is 26.7 Å². The SMILES string of the molecule is Cc1n(CCC[n+]2ccn(CCCBr)c2C)cc[n+]1C. The van der Waals surface area contributed by atoms with Gasteiger partial charge in [-0.3, -0.25) is 0 Å². The van der Waals surface area contributed by atoms with Crippen molar-refractivity contribution >= 4 is 15.9 Å². The molecule has 2 heterocycles. The van der Waals surface area contributed by atoms with Gasteiger partial charge < -0.3 is 0 Å². The summed E-state index contributed by atoms with van der Waals surface area (Å²) >= 11 is 3.49. The van der Waals surface area contributed by atoms with Crippen LogP contribution in [-0.4, -0.2) is 14.5 Å². The van der Waals surface area contributed by atoms with Crippen LogP contribution < -0.4 is 9.13 Å². The largest absolute Gasteiger partial charge is 0.253 e. The van der Waals surface area contributed by atoms with Gasteiger partial charge in [-0.25, -0.2) is 18.3 Å². The summed E-state index contributed by atoms with van der Waals surface area (Å²) in [5.74, 6) is 2.65. The van der Waals surface area contributed by atoms with Crippen molar-refractivity contribution in [1.82, 2.24) is 9.13 Å². The van der Waals surface area contributed by atoms with Crippen LogP contribution in [0.3, 0.4) is 0 Å². The number of nitrogens with zero attached hydrogens (tertiary/aromatic N) is 4. The molecule has 0 saturated carbocycles. The molecule has 0 bridgehead atoms. The molecular formula is C15H25BrN4+2. The predicted molar refractivity (Wildman–Crippen MR) is 82.7 cm³/mol. The van der Waals surface area contributed by atoms with Crippen molar-refractivity contribution in [2.45, 2.75) is 46.3 Å². The second kappa shape index (κ2) is 7.07. The summed E-state index contributed by atoms with van der Waals surface area (Å²) < 4.78 is 9.17. The topological polar surface area (TPSA) is 17.6 Å². The van der Waals surface area contributed by atoms with Crippen LogP contribution in [0.15, 0.2) is 24.8 Å². The van der Waals surface area contributed by atoms with Crippen LogP contribution >= 0.6 is 15.9 Å². The van der Waals surface area contributed by atoms with Crippen LogP contribution in [0.1, 0.15) is 24.5 Å². The van der Waals surface area contributed by atoms with E-state index in [0.29, 0.717) is 0 Å². The van der Waals surface area contributed by atoms with E-state index in [2.05, 4.69) is 79.9 Å². The molecule has 0 atom stereocenters. The highest BCUT2D eigenvalue weighted by Gasteiger charge is 2.13. The molecule has 5 heteroatoms. The molecule has 2 aromatic rings. The van der Waals surface area contributed by atoms with Gasteiger partial charge >= 0.3 is 0 Å². The molecule has 0 aliphatic rings. The molecule has 0 amide bonds.